The second-order valence-electron chi connectivity index (χ2n) is 8.43. The summed E-state index contributed by atoms with van der Waals surface area (Å²) in [6, 6.07) is 24.2. The van der Waals surface area contributed by atoms with Gasteiger partial charge in [0.15, 0.2) is 0 Å². The third-order valence-electron chi connectivity index (χ3n) is 6.08. The van der Waals surface area contributed by atoms with Gasteiger partial charge in [0.05, 0.1) is 0 Å². The first kappa shape index (κ1) is 19.3. The zero-order chi connectivity index (χ0) is 20.5. The van der Waals surface area contributed by atoms with Gasteiger partial charge < -0.3 is 10.6 Å². The summed E-state index contributed by atoms with van der Waals surface area (Å²) in [6.07, 6.45) is 4.00. The van der Waals surface area contributed by atoms with Crippen LogP contribution in [0.4, 0.5) is 5.69 Å². The van der Waals surface area contributed by atoms with E-state index in [4.69, 9.17) is 11.6 Å². The molecule has 0 heterocycles. The number of rotatable bonds is 7. The molecule has 1 amide bonds. The van der Waals surface area contributed by atoms with Crippen molar-refractivity contribution in [2.24, 2.45) is 5.92 Å². The van der Waals surface area contributed by atoms with E-state index >= 15 is 0 Å². The van der Waals surface area contributed by atoms with Crippen LogP contribution in [-0.4, -0.2) is 18.5 Å². The number of carbonyl (C=O) groups is 1. The van der Waals surface area contributed by atoms with Crippen molar-refractivity contribution in [1.29, 1.82) is 0 Å². The molecule has 5 rings (SSSR count). The number of halogens is 1. The van der Waals surface area contributed by atoms with Gasteiger partial charge in [-0.1, -0.05) is 54.1 Å². The highest BCUT2D eigenvalue weighted by Gasteiger charge is 2.38. The summed E-state index contributed by atoms with van der Waals surface area (Å²) < 4.78 is 0. The zero-order valence-electron chi connectivity index (χ0n) is 16.8. The van der Waals surface area contributed by atoms with Crippen molar-refractivity contribution in [1.82, 2.24) is 5.32 Å². The summed E-state index contributed by atoms with van der Waals surface area (Å²) in [5, 5.41) is 7.38. The van der Waals surface area contributed by atoms with E-state index in [-0.39, 0.29) is 5.91 Å². The van der Waals surface area contributed by atoms with Crippen molar-refractivity contribution in [3.63, 3.8) is 0 Å². The number of anilines is 1. The Bertz CT molecular complexity index is 1040. The topological polar surface area (TPSA) is 41.1 Å². The second-order valence-corrected chi connectivity index (χ2v) is 8.84. The summed E-state index contributed by atoms with van der Waals surface area (Å²) in [4.78, 5) is 12.6. The monoisotopic (exact) mass is 416 g/mol. The number of amides is 1. The molecule has 0 unspecified atom stereocenters. The highest BCUT2D eigenvalue weighted by Crippen LogP contribution is 2.42. The van der Waals surface area contributed by atoms with Crippen LogP contribution in [-0.2, 0) is 0 Å². The molecule has 2 aliphatic rings. The van der Waals surface area contributed by atoms with Gasteiger partial charge in [0, 0.05) is 33.8 Å². The van der Waals surface area contributed by atoms with E-state index in [0.717, 1.165) is 22.7 Å². The number of carbonyl (C=O) groups excluding carboxylic acids is 1. The predicted octanol–water partition coefficient (Wildman–Crippen LogP) is 6.11. The van der Waals surface area contributed by atoms with Gasteiger partial charge in [-0.05, 0) is 73.2 Å². The highest BCUT2D eigenvalue weighted by molar-refractivity contribution is 6.33. The fourth-order valence-electron chi connectivity index (χ4n) is 3.94. The van der Waals surface area contributed by atoms with E-state index in [1.807, 2.05) is 60.7 Å². The average molecular weight is 417 g/mol. The number of nitrogens with one attached hydrogen (secondary N) is 2. The first-order chi connectivity index (χ1) is 14.7. The lowest BCUT2D eigenvalue weighted by Crippen LogP contribution is -2.20. The molecule has 0 bridgehead atoms. The molecule has 0 spiro atoms. The van der Waals surface area contributed by atoms with Gasteiger partial charge in [-0.3, -0.25) is 4.79 Å². The van der Waals surface area contributed by atoms with Crippen LogP contribution in [0.25, 0.3) is 11.1 Å². The number of hydrogen-bond acceptors (Lipinski definition) is 2. The molecule has 2 saturated carbocycles. The summed E-state index contributed by atoms with van der Waals surface area (Å²) in [5.41, 5.74) is 4.76. The van der Waals surface area contributed by atoms with Crippen molar-refractivity contribution < 1.29 is 4.79 Å². The molecule has 3 aromatic rings. The Morgan fingerprint density at radius 3 is 2.37 bits per heavy atom. The Balaban J connectivity index is 1.19. The smallest absolute Gasteiger partial charge is 0.255 e. The molecular formula is C26H25ClN2O. The third kappa shape index (κ3) is 4.43. The van der Waals surface area contributed by atoms with Gasteiger partial charge in [-0.15, -0.1) is 0 Å². The Hall–Kier alpha value is -2.62. The van der Waals surface area contributed by atoms with E-state index in [2.05, 4.69) is 22.8 Å². The minimum absolute atomic E-state index is 0.108. The Labute approximate surface area is 182 Å². The molecule has 3 aromatic carbocycles. The minimum Gasteiger partial charge on any atom is -0.322 e. The van der Waals surface area contributed by atoms with Crippen LogP contribution in [0.5, 0.6) is 0 Å². The van der Waals surface area contributed by atoms with Crippen LogP contribution in [0.3, 0.4) is 0 Å². The summed E-state index contributed by atoms with van der Waals surface area (Å²) in [7, 11) is 0. The minimum atomic E-state index is -0.108. The van der Waals surface area contributed by atoms with E-state index in [1.54, 1.807) is 0 Å². The van der Waals surface area contributed by atoms with Gasteiger partial charge in [-0.25, -0.2) is 0 Å². The molecular weight excluding hydrogens is 392 g/mol. The van der Waals surface area contributed by atoms with Crippen LogP contribution in [0.1, 0.15) is 41.1 Å². The molecule has 4 heteroatoms. The third-order valence-corrected chi connectivity index (χ3v) is 6.41. The standard InChI is InChI=1S/C26H25ClN2O/c27-24-4-2-1-3-22(24)18-7-9-20(10-8-18)26(30)29-21-13-11-19(12-14-21)23-15-25(23)28-16-17-5-6-17/h1-4,7-14,17,23,25,28H,5-6,15-16H2,(H,29,30)/t23-,25+/m0/s1. The molecule has 0 saturated heterocycles. The molecule has 3 nitrogen and oxygen atoms in total. The van der Waals surface area contributed by atoms with Crippen molar-refractivity contribution in [2.75, 3.05) is 11.9 Å². The molecule has 0 radical (unpaired) electrons. The van der Waals surface area contributed by atoms with Crippen molar-refractivity contribution in [3.8, 4) is 11.1 Å². The van der Waals surface area contributed by atoms with Gasteiger partial charge in [0.2, 0.25) is 0 Å². The summed E-state index contributed by atoms with van der Waals surface area (Å²) in [6.45, 7) is 1.17. The van der Waals surface area contributed by atoms with Crippen LogP contribution in [0.15, 0.2) is 72.8 Å². The highest BCUT2D eigenvalue weighted by atomic mass is 35.5. The van der Waals surface area contributed by atoms with Crippen molar-refractivity contribution in [2.45, 2.75) is 31.2 Å². The lowest BCUT2D eigenvalue weighted by atomic mass is 10.0. The van der Waals surface area contributed by atoms with Crippen molar-refractivity contribution in [3.05, 3.63) is 88.9 Å². The van der Waals surface area contributed by atoms with Crippen molar-refractivity contribution >= 4 is 23.2 Å². The van der Waals surface area contributed by atoms with Crippen LogP contribution in [0.2, 0.25) is 5.02 Å². The summed E-state index contributed by atoms with van der Waals surface area (Å²) >= 11 is 6.27. The second kappa shape index (κ2) is 8.25. The fourth-order valence-corrected chi connectivity index (χ4v) is 4.19. The fraction of sp³-hybridized carbons (Fsp3) is 0.269. The van der Waals surface area contributed by atoms with E-state index in [0.29, 0.717) is 22.5 Å². The number of hydrogen-bond donors (Lipinski definition) is 2. The van der Waals surface area contributed by atoms with E-state index in [9.17, 15) is 4.79 Å². The largest absolute Gasteiger partial charge is 0.322 e. The molecule has 2 N–H and O–H groups in total. The van der Waals surface area contributed by atoms with Gasteiger partial charge >= 0.3 is 0 Å². The summed E-state index contributed by atoms with van der Waals surface area (Å²) in [5.74, 6) is 1.43. The van der Waals surface area contributed by atoms with Gasteiger partial charge in [-0.2, -0.15) is 0 Å². The predicted molar refractivity (Wildman–Crippen MR) is 123 cm³/mol. The average Bonchev–Trinajstić information content (AvgIpc) is 3.68. The molecule has 2 fully saturated rings. The first-order valence-electron chi connectivity index (χ1n) is 10.7. The zero-order valence-corrected chi connectivity index (χ0v) is 17.5. The van der Waals surface area contributed by atoms with Crippen LogP contribution < -0.4 is 10.6 Å². The maximum atomic E-state index is 12.6. The van der Waals surface area contributed by atoms with E-state index in [1.165, 1.54) is 31.4 Å². The van der Waals surface area contributed by atoms with Crippen LogP contribution >= 0.6 is 11.6 Å². The number of benzene rings is 3. The van der Waals surface area contributed by atoms with Gasteiger partial charge in [0.25, 0.3) is 5.91 Å². The quantitative estimate of drug-likeness (QED) is 0.487. The molecule has 30 heavy (non-hydrogen) atoms. The molecule has 0 aliphatic heterocycles. The Morgan fingerprint density at radius 1 is 0.933 bits per heavy atom. The van der Waals surface area contributed by atoms with Gasteiger partial charge in [0.1, 0.15) is 0 Å². The SMILES string of the molecule is O=C(Nc1ccc([C@@H]2C[C@H]2NCC2CC2)cc1)c1ccc(-c2ccccc2Cl)cc1. The maximum Gasteiger partial charge on any atom is 0.255 e. The Morgan fingerprint density at radius 2 is 1.67 bits per heavy atom. The van der Waals surface area contributed by atoms with E-state index < -0.39 is 0 Å². The first-order valence-corrected chi connectivity index (χ1v) is 11.0. The lowest BCUT2D eigenvalue weighted by molar-refractivity contribution is 0.102. The van der Waals surface area contributed by atoms with Crippen LogP contribution in [0, 0.1) is 5.92 Å². The molecule has 2 atom stereocenters. The normalized spacial score (nSPS) is 20.0. The molecule has 0 aromatic heterocycles. The molecule has 2 aliphatic carbocycles. The molecule has 152 valence electrons. The maximum absolute atomic E-state index is 12.6. The lowest BCUT2D eigenvalue weighted by Gasteiger charge is -2.09. The Kier molecular flexibility index (Phi) is 5.32.